The van der Waals surface area contributed by atoms with E-state index in [1.54, 1.807) is 65.6 Å². The average Bonchev–Trinajstić information content (AvgIpc) is 2.89. The molecule has 0 N–H and O–H groups in total. The number of carbonyl (C=O) groups excluding carboxylic acids is 1. The molecule has 2 heterocycles. The Balaban J connectivity index is 1.30. The fourth-order valence-corrected chi connectivity index (χ4v) is 6.04. The summed E-state index contributed by atoms with van der Waals surface area (Å²) in [6.45, 7) is 0.877. The standard InChI is InChI=1S/C25H21ClN4O4S/c26-21-6-2-4-8-23(21)35(33,34)29-15-13-28(14-16-29)24(31)18-9-11-19(12-10-18)30-17-27-22-7-3-1-5-20(22)25(30)32/h1-12,17H,13-16H2. The molecule has 0 saturated carbocycles. The van der Waals surface area contributed by atoms with Gasteiger partial charge in [-0.1, -0.05) is 35.9 Å². The quantitative estimate of drug-likeness (QED) is 0.422. The van der Waals surface area contributed by atoms with Gasteiger partial charge in [0.1, 0.15) is 11.2 Å². The van der Waals surface area contributed by atoms with Gasteiger partial charge in [0.15, 0.2) is 0 Å². The molecule has 0 radical (unpaired) electrons. The van der Waals surface area contributed by atoms with Gasteiger partial charge in [-0.05, 0) is 48.5 Å². The number of hydrogen-bond acceptors (Lipinski definition) is 5. The number of piperazine rings is 1. The first-order valence-corrected chi connectivity index (χ1v) is 12.8. The molecule has 1 aliphatic rings. The van der Waals surface area contributed by atoms with Crippen molar-refractivity contribution < 1.29 is 13.2 Å². The monoisotopic (exact) mass is 508 g/mol. The van der Waals surface area contributed by atoms with Gasteiger partial charge in [0, 0.05) is 31.7 Å². The minimum absolute atomic E-state index is 0.0652. The zero-order valence-electron chi connectivity index (χ0n) is 18.5. The van der Waals surface area contributed by atoms with Crippen molar-refractivity contribution in [1.29, 1.82) is 0 Å². The maximum absolute atomic E-state index is 13.0. The summed E-state index contributed by atoms with van der Waals surface area (Å²) in [5, 5.41) is 0.687. The van der Waals surface area contributed by atoms with E-state index in [2.05, 4.69) is 4.98 Å². The zero-order chi connectivity index (χ0) is 24.6. The molecule has 178 valence electrons. The van der Waals surface area contributed by atoms with Crippen LogP contribution in [0.1, 0.15) is 10.4 Å². The van der Waals surface area contributed by atoms with Crippen molar-refractivity contribution in [3.8, 4) is 5.69 Å². The predicted octanol–water partition coefficient (Wildman–Crippen LogP) is 3.19. The molecule has 8 nitrogen and oxygen atoms in total. The Hall–Kier alpha value is -3.53. The molecule has 35 heavy (non-hydrogen) atoms. The largest absolute Gasteiger partial charge is 0.336 e. The summed E-state index contributed by atoms with van der Waals surface area (Å²) in [7, 11) is -3.74. The predicted molar refractivity (Wildman–Crippen MR) is 133 cm³/mol. The van der Waals surface area contributed by atoms with Crippen molar-refractivity contribution in [3.05, 3.63) is 100 Å². The van der Waals surface area contributed by atoms with Crippen molar-refractivity contribution in [2.24, 2.45) is 0 Å². The van der Waals surface area contributed by atoms with E-state index in [4.69, 9.17) is 11.6 Å². The van der Waals surface area contributed by atoms with Crippen molar-refractivity contribution in [2.75, 3.05) is 26.2 Å². The number of fused-ring (bicyclic) bond motifs is 1. The molecule has 1 saturated heterocycles. The number of carbonyl (C=O) groups is 1. The van der Waals surface area contributed by atoms with E-state index in [1.807, 2.05) is 6.07 Å². The molecule has 0 unspecified atom stereocenters. The van der Waals surface area contributed by atoms with Crippen LogP contribution >= 0.6 is 11.6 Å². The SMILES string of the molecule is O=C(c1ccc(-n2cnc3ccccc3c2=O)cc1)N1CCN(S(=O)(=O)c2ccccc2Cl)CC1. The summed E-state index contributed by atoms with van der Waals surface area (Å²) in [5.74, 6) is -0.199. The summed E-state index contributed by atoms with van der Waals surface area (Å²) in [5.41, 5.74) is 1.49. The number of aromatic nitrogens is 2. The minimum atomic E-state index is -3.74. The third-order valence-electron chi connectivity index (χ3n) is 6.04. The van der Waals surface area contributed by atoms with Crippen LogP contribution in [0.15, 0.2) is 88.8 Å². The number of amides is 1. The van der Waals surface area contributed by atoms with E-state index >= 15 is 0 Å². The van der Waals surface area contributed by atoms with Gasteiger partial charge >= 0.3 is 0 Å². The van der Waals surface area contributed by atoms with Crippen molar-refractivity contribution in [2.45, 2.75) is 4.90 Å². The lowest BCUT2D eigenvalue weighted by molar-refractivity contribution is 0.0698. The number of benzene rings is 3. The highest BCUT2D eigenvalue weighted by atomic mass is 35.5. The highest BCUT2D eigenvalue weighted by Crippen LogP contribution is 2.25. The molecule has 1 aliphatic heterocycles. The molecule has 0 spiro atoms. The maximum atomic E-state index is 13.0. The van der Waals surface area contributed by atoms with Crippen molar-refractivity contribution in [3.63, 3.8) is 0 Å². The molecule has 0 aliphatic carbocycles. The second kappa shape index (κ2) is 9.26. The van der Waals surface area contributed by atoms with E-state index in [9.17, 15) is 18.0 Å². The van der Waals surface area contributed by atoms with Crippen LogP contribution in [0.5, 0.6) is 0 Å². The van der Waals surface area contributed by atoms with E-state index in [0.29, 0.717) is 22.2 Å². The van der Waals surface area contributed by atoms with E-state index in [0.717, 1.165) is 0 Å². The zero-order valence-corrected chi connectivity index (χ0v) is 20.1. The Morgan fingerprint density at radius 1 is 0.857 bits per heavy atom. The Morgan fingerprint density at radius 3 is 2.23 bits per heavy atom. The number of rotatable bonds is 4. The lowest BCUT2D eigenvalue weighted by Crippen LogP contribution is -2.50. The first-order chi connectivity index (χ1) is 16.9. The molecule has 5 rings (SSSR count). The molecule has 1 fully saturated rings. The molecule has 0 atom stereocenters. The van der Waals surface area contributed by atoms with E-state index in [1.165, 1.54) is 21.3 Å². The van der Waals surface area contributed by atoms with Gasteiger partial charge in [-0.15, -0.1) is 0 Å². The molecule has 1 amide bonds. The summed E-state index contributed by atoms with van der Waals surface area (Å²) in [6.07, 6.45) is 1.47. The summed E-state index contributed by atoms with van der Waals surface area (Å²) in [6, 6.07) is 20.2. The molecule has 3 aromatic carbocycles. The normalized spacial score (nSPS) is 14.8. The molecule has 10 heteroatoms. The molecule has 0 bridgehead atoms. The van der Waals surface area contributed by atoms with Crippen molar-refractivity contribution >= 4 is 38.4 Å². The van der Waals surface area contributed by atoms with Crippen LogP contribution in [0.4, 0.5) is 0 Å². The number of halogens is 1. The van der Waals surface area contributed by atoms with Crippen LogP contribution in [0, 0.1) is 0 Å². The van der Waals surface area contributed by atoms with Gasteiger partial charge in [0.2, 0.25) is 10.0 Å². The second-order valence-electron chi connectivity index (χ2n) is 8.11. The van der Waals surface area contributed by atoms with Crippen LogP contribution in [-0.4, -0.2) is 59.3 Å². The molecule has 1 aromatic heterocycles. The highest BCUT2D eigenvalue weighted by Gasteiger charge is 2.31. The Kier molecular flexibility index (Phi) is 6.14. The second-order valence-corrected chi connectivity index (χ2v) is 10.4. The molecular weight excluding hydrogens is 488 g/mol. The molecule has 4 aromatic rings. The van der Waals surface area contributed by atoms with Crippen LogP contribution in [0.3, 0.4) is 0 Å². The average molecular weight is 509 g/mol. The Morgan fingerprint density at radius 2 is 1.51 bits per heavy atom. The number of para-hydroxylation sites is 1. The minimum Gasteiger partial charge on any atom is -0.336 e. The number of hydrogen-bond donors (Lipinski definition) is 0. The van der Waals surface area contributed by atoms with Gasteiger partial charge < -0.3 is 4.90 Å². The fourth-order valence-electron chi connectivity index (χ4n) is 4.12. The first kappa shape index (κ1) is 23.2. The molecular formula is C25H21ClN4O4S. The highest BCUT2D eigenvalue weighted by molar-refractivity contribution is 7.89. The smallest absolute Gasteiger partial charge is 0.265 e. The van der Waals surface area contributed by atoms with Gasteiger partial charge in [0.25, 0.3) is 11.5 Å². The fraction of sp³-hybridized carbons (Fsp3) is 0.160. The lowest BCUT2D eigenvalue weighted by atomic mass is 10.1. The summed E-state index contributed by atoms with van der Waals surface area (Å²) >= 11 is 6.09. The summed E-state index contributed by atoms with van der Waals surface area (Å²) < 4.78 is 28.7. The van der Waals surface area contributed by atoms with Crippen molar-refractivity contribution in [1.82, 2.24) is 18.8 Å². The number of nitrogens with zero attached hydrogens (tertiary/aromatic N) is 4. The topological polar surface area (TPSA) is 92.6 Å². The van der Waals surface area contributed by atoms with Crippen LogP contribution in [-0.2, 0) is 10.0 Å². The maximum Gasteiger partial charge on any atom is 0.265 e. The Labute approximate surface area is 207 Å². The van der Waals surface area contributed by atoms with Gasteiger partial charge in [0.05, 0.1) is 21.6 Å². The van der Waals surface area contributed by atoms with E-state index in [-0.39, 0.29) is 47.6 Å². The van der Waals surface area contributed by atoms with Gasteiger partial charge in [-0.2, -0.15) is 4.31 Å². The third-order valence-corrected chi connectivity index (χ3v) is 8.44. The third kappa shape index (κ3) is 4.34. The number of sulfonamides is 1. The van der Waals surface area contributed by atoms with Crippen LogP contribution in [0.25, 0.3) is 16.6 Å². The Bertz CT molecular complexity index is 1580. The van der Waals surface area contributed by atoms with Gasteiger partial charge in [-0.25, -0.2) is 13.4 Å². The van der Waals surface area contributed by atoms with Crippen LogP contribution in [0.2, 0.25) is 5.02 Å². The van der Waals surface area contributed by atoms with E-state index < -0.39 is 10.0 Å². The van der Waals surface area contributed by atoms with Gasteiger partial charge in [-0.3, -0.25) is 14.2 Å². The summed E-state index contributed by atoms with van der Waals surface area (Å²) in [4.78, 5) is 31.9. The lowest BCUT2D eigenvalue weighted by Gasteiger charge is -2.34. The van der Waals surface area contributed by atoms with Crippen LogP contribution < -0.4 is 5.56 Å². The first-order valence-electron chi connectivity index (χ1n) is 11.0.